The molecule has 1 aromatic rings. The van der Waals surface area contributed by atoms with Gasteiger partial charge in [-0.25, -0.2) is 4.98 Å². The molecule has 0 amide bonds. The monoisotopic (exact) mass is 279 g/mol. The molecule has 1 atom stereocenters. The second-order valence-corrected chi connectivity index (χ2v) is 6.52. The van der Waals surface area contributed by atoms with E-state index in [0.29, 0.717) is 5.82 Å². The lowest BCUT2D eigenvalue weighted by Crippen LogP contribution is -2.36. The van der Waals surface area contributed by atoms with E-state index < -0.39 is 0 Å². The summed E-state index contributed by atoms with van der Waals surface area (Å²) in [5.74, 6) is 0.463. The molecule has 0 spiro atoms. The molecule has 1 heterocycles. The zero-order chi connectivity index (χ0) is 15.2. The third-order valence-corrected chi connectivity index (χ3v) is 3.44. The van der Waals surface area contributed by atoms with Crippen LogP contribution in [0.4, 0.5) is 5.82 Å². The van der Waals surface area contributed by atoms with E-state index in [1.54, 1.807) is 17.0 Å². The van der Waals surface area contributed by atoms with Crippen molar-refractivity contribution in [3.8, 4) is 0 Å². The van der Waals surface area contributed by atoms with E-state index in [-0.39, 0.29) is 17.1 Å². The molecule has 4 nitrogen and oxygen atoms in total. The summed E-state index contributed by atoms with van der Waals surface area (Å²) in [6.07, 6.45) is 9.51. The number of hydrogen-bond acceptors (Lipinski definition) is 3. The van der Waals surface area contributed by atoms with Crippen molar-refractivity contribution in [2.75, 3.05) is 5.32 Å². The van der Waals surface area contributed by atoms with Crippen molar-refractivity contribution in [3.05, 3.63) is 22.7 Å². The molecule has 4 heteroatoms. The quantitative estimate of drug-likeness (QED) is 0.773. The van der Waals surface area contributed by atoms with E-state index in [2.05, 4.69) is 24.1 Å². The Morgan fingerprint density at radius 1 is 1.30 bits per heavy atom. The summed E-state index contributed by atoms with van der Waals surface area (Å²) >= 11 is 0. The number of anilines is 1. The minimum Gasteiger partial charge on any atom is -0.363 e. The van der Waals surface area contributed by atoms with Crippen LogP contribution in [-0.2, 0) is 5.54 Å². The van der Waals surface area contributed by atoms with Crippen LogP contribution in [0.25, 0.3) is 0 Å². The number of nitrogens with one attached hydrogen (secondary N) is 1. The van der Waals surface area contributed by atoms with Crippen molar-refractivity contribution in [3.63, 3.8) is 0 Å². The van der Waals surface area contributed by atoms with Gasteiger partial charge in [0.1, 0.15) is 0 Å². The molecule has 1 N–H and O–H groups in total. The zero-order valence-corrected chi connectivity index (χ0v) is 13.6. The Balaban J connectivity index is 2.67. The molecule has 0 bridgehead atoms. The minimum absolute atomic E-state index is 0.0413. The van der Waals surface area contributed by atoms with E-state index in [1.807, 2.05) is 20.8 Å². The molecule has 0 aliphatic rings. The number of hydrogen-bond donors (Lipinski definition) is 1. The van der Waals surface area contributed by atoms with E-state index in [1.165, 1.54) is 25.7 Å². The van der Waals surface area contributed by atoms with Gasteiger partial charge in [-0.3, -0.25) is 4.79 Å². The summed E-state index contributed by atoms with van der Waals surface area (Å²) < 4.78 is 1.73. The first kappa shape index (κ1) is 16.7. The Morgan fingerprint density at radius 2 is 2.00 bits per heavy atom. The molecule has 0 fully saturated rings. The number of nitrogens with zero attached hydrogens (tertiary/aromatic N) is 2. The highest BCUT2D eigenvalue weighted by molar-refractivity contribution is 5.32. The Morgan fingerprint density at radius 3 is 2.60 bits per heavy atom. The summed E-state index contributed by atoms with van der Waals surface area (Å²) in [4.78, 5) is 16.6. The highest BCUT2D eigenvalue weighted by Crippen LogP contribution is 2.12. The summed E-state index contributed by atoms with van der Waals surface area (Å²) in [7, 11) is 0. The zero-order valence-electron chi connectivity index (χ0n) is 13.6. The van der Waals surface area contributed by atoms with Gasteiger partial charge >= 0.3 is 0 Å². The molecule has 0 radical (unpaired) electrons. The van der Waals surface area contributed by atoms with Gasteiger partial charge in [-0.15, -0.1) is 0 Å². The fourth-order valence-electron chi connectivity index (χ4n) is 2.22. The first-order chi connectivity index (χ1) is 9.36. The van der Waals surface area contributed by atoms with Crippen LogP contribution < -0.4 is 10.9 Å². The fraction of sp³-hybridized carbons (Fsp3) is 0.750. The van der Waals surface area contributed by atoms with Crippen LogP contribution >= 0.6 is 0 Å². The Bertz CT molecular complexity index is 460. The fourth-order valence-corrected chi connectivity index (χ4v) is 2.22. The molecule has 114 valence electrons. The molecule has 0 saturated carbocycles. The van der Waals surface area contributed by atoms with Crippen molar-refractivity contribution < 1.29 is 0 Å². The Hall–Kier alpha value is -1.32. The van der Waals surface area contributed by atoms with Crippen molar-refractivity contribution >= 4 is 5.82 Å². The summed E-state index contributed by atoms with van der Waals surface area (Å²) in [5, 5.41) is 3.26. The second kappa shape index (κ2) is 7.46. The van der Waals surface area contributed by atoms with Gasteiger partial charge in [-0.1, -0.05) is 32.6 Å². The predicted molar refractivity (Wildman–Crippen MR) is 85.3 cm³/mol. The smallest absolute Gasteiger partial charge is 0.293 e. The van der Waals surface area contributed by atoms with E-state index >= 15 is 0 Å². The molecule has 0 aromatic carbocycles. The standard InChI is InChI=1S/C16H29N3O/c1-6-7-8-9-10-13(2)18-14-15(20)19(12-11-17-14)16(3,4)5/h11-13H,6-10H2,1-5H3,(H,17,18). The highest BCUT2D eigenvalue weighted by Gasteiger charge is 2.17. The van der Waals surface area contributed by atoms with Crippen LogP contribution in [0.1, 0.15) is 66.7 Å². The predicted octanol–water partition coefficient (Wildman–Crippen LogP) is 3.77. The molecular weight excluding hydrogens is 250 g/mol. The Kier molecular flexibility index (Phi) is 6.24. The molecule has 1 rings (SSSR count). The largest absolute Gasteiger partial charge is 0.363 e. The van der Waals surface area contributed by atoms with Crippen LogP contribution in [0.15, 0.2) is 17.2 Å². The van der Waals surface area contributed by atoms with E-state index in [0.717, 1.165) is 6.42 Å². The van der Waals surface area contributed by atoms with Crippen LogP contribution in [0.2, 0.25) is 0 Å². The van der Waals surface area contributed by atoms with Gasteiger partial charge in [0.25, 0.3) is 5.56 Å². The van der Waals surface area contributed by atoms with Crippen molar-refractivity contribution in [2.24, 2.45) is 0 Å². The topological polar surface area (TPSA) is 46.9 Å². The van der Waals surface area contributed by atoms with Crippen LogP contribution in [-0.4, -0.2) is 15.6 Å². The van der Waals surface area contributed by atoms with Crippen LogP contribution in [0.3, 0.4) is 0 Å². The summed E-state index contributed by atoms with van der Waals surface area (Å²) in [6.45, 7) is 10.4. The van der Waals surface area contributed by atoms with Gasteiger partial charge in [0.2, 0.25) is 0 Å². The third kappa shape index (κ3) is 4.99. The third-order valence-electron chi connectivity index (χ3n) is 3.44. The second-order valence-electron chi connectivity index (χ2n) is 6.52. The summed E-state index contributed by atoms with van der Waals surface area (Å²) in [5.41, 5.74) is -0.263. The van der Waals surface area contributed by atoms with Gasteiger partial charge in [0.15, 0.2) is 5.82 Å². The van der Waals surface area contributed by atoms with Gasteiger partial charge in [0, 0.05) is 24.0 Å². The Labute approximate surface area is 122 Å². The lowest BCUT2D eigenvalue weighted by molar-refractivity contribution is 0.383. The molecule has 0 saturated heterocycles. The molecular formula is C16H29N3O. The van der Waals surface area contributed by atoms with Crippen molar-refractivity contribution in [1.82, 2.24) is 9.55 Å². The molecule has 0 aliphatic carbocycles. The molecule has 1 aromatic heterocycles. The van der Waals surface area contributed by atoms with Gasteiger partial charge in [0.05, 0.1) is 0 Å². The number of unbranched alkanes of at least 4 members (excludes halogenated alkanes) is 3. The maximum absolute atomic E-state index is 12.4. The average Bonchev–Trinajstić information content (AvgIpc) is 2.36. The maximum atomic E-state index is 12.4. The summed E-state index contributed by atoms with van der Waals surface area (Å²) in [6, 6.07) is 0.280. The van der Waals surface area contributed by atoms with Crippen LogP contribution in [0.5, 0.6) is 0 Å². The highest BCUT2D eigenvalue weighted by atomic mass is 16.1. The number of rotatable bonds is 7. The van der Waals surface area contributed by atoms with E-state index in [4.69, 9.17) is 0 Å². The first-order valence-corrected chi connectivity index (χ1v) is 7.71. The maximum Gasteiger partial charge on any atom is 0.293 e. The SMILES string of the molecule is CCCCCCC(C)Nc1nccn(C(C)(C)C)c1=O. The lowest BCUT2D eigenvalue weighted by Gasteiger charge is -2.23. The number of aromatic nitrogens is 2. The molecule has 0 aliphatic heterocycles. The van der Waals surface area contributed by atoms with Gasteiger partial charge in [-0.2, -0.15) is 0 Å². The van der Waals surface area contributed by atoms with E-state index in [9.17, 15) is 4.79 Å². The average molecular weight is 279 g/mol. The lowest BCUT2D eigenvalue weighted by atomic mass is 10.1. The van der Waals surface area contributed by atoms with Gasteiger partial charge < -0.3 is 9.88 Å². The van der Waals surface area contributed by atoms with Crippen molar-refractivity contribution in [2.45, 2.75) is 78.3 Å². The first-order valence-electron chi connectivity index (χ1n) is 7.71. The molecule has 20 heavy (non-hydrogen) atoms. The van der Waals surface area contributed by atoms with Crippen molar-refractivity contribution in [1.29, 1.82) is 0 Å². The molecule has 1 unspecified atom stereocenters. The minimum atomic E-state index is -0.221. The van der Waals surface area contributed by atoms with Crippen LogP contribution in [0, 0.1) is 0 Å². The van der Waals surface area contributed by atoms with Gasteiger partial charge in [-0.05, 0) is 34.1 Å². The normalized spacial score (nSPS) is 13.2.